The highest BCUT2D eigenvalue weighted by molar-refractivity contribution is 6.04. The molecule has 1 amide bonds. The van der Waals surface area contributed by atoms with Gasteiger partial charge in [0.15, 0.2) is 0 Å². The highest BCUT2D eigenvalue weighted by Crippen LogP contribution is 2.23. The number of nitrogens with one attached hydrogen (secondary N) is 1. The molecule has 0 aliphatic rings. The van der Waals surface area contributed by atoms with Gasteiger partial charge >= 0.3 is 0 Å². The fraction of sp³-hybridized carbons (Fsp3) is 0.200. The second-order valence-corrected chi connectivity index (χ2v) is 4.44. The molecule has 1 N–H and O–H groups in total. The number of benzene rings is 1. The average Bonchev–Trinajstić information content (AvgIpc) is 2.40. The highest BCUT2D eigenvalue weighted by atomic mass is 16.1. The third-order valence-corrected chi connectivity index (χ3v) is 2.76. The van der Waals surface area contributed by atoms with E-state index in [2.05, 4.69) is 24.1 Å². The molecule has 0 aliphatic heterocycles. The molecule has 0 unspecified atom stereocenters. The minimum Gasteiger partial charge on any atom is -0.320 e. The Bertz CT molecular complexity index is 535. The first kappa shape index (κ1) is 12.3. The number of pyridine rings is 1. The molecule has 0 bridgehead atoms. The van der Waals surface area contributed by atoms with Crippen LogP contribution >= 0.6 is 0 Å². The molecule has 2 aromatic rings. The molecule has 18 heavy (non-hydrogen) atoms. The largest absolute Gasteiger partial charge is 0.320 e. The standard InChI is InChI=1S/C15H16N2O/c1-11(2)13-8-9-16-10-14(13)17-15(18)12-6-4-3-5-7-12/h3-11H,1-2H3,(H,17,18). The molecule has 1 aromatic carbocycles. The predicted molar refractivity (Wildman–Crippen MR) is 72.7 cm³/mol. The summed E-state index contributed by atoms with van der Waals surface area (Å²) in [7, 11) is 0. The van der Waals surface area contributed by atoms with Gasteiger partial charge in [-0.05, 0) is 29.7 Å². The average molecular weight is 240 g/mol. The summed E-state index contributed by atoms with van der Waals surface area (Å²) in [5, 5.41) is 2.91. The molecular formula is C15H16N2O. The lowest BCUT2D eigenvalue weighted by molar-refractivity contribution is 0.102. The van der Waals surface area contributed by atoms with E-state index in [9.17, 15) is 4.79 Å². The predicted octanol–water partition coefficient (Wildman–Crippen LogP) is 3.46. The Balaban J connectivity index is 2.22. The SMILES string of the molecule is CC(C)c1ccncc1NC(=O)c1ccccc1. The molecule has 0 saturated heterocycles. The van der Waals surface area contributed by atoms with Gasteiger partial charge in [0.1, 0.15) is 0 Å². The van der Waals surface area contributed by atoms with Gasteiger partial charge in [0.2, 0.25) is 0 Å². The lowest BCUT2D eigenvalue weighted by atomic mass is 10.0. The second-order valence-electron chi connectivity index (χ2n) is 4.44. The van der Waals surface area contributed by atoms with Crippen molar-refractivity contribution in [1.29, 1.82) is 0 Å². The summed E-state index contributed by atoms with van der Waals surface area (Å²) in [5.74, 6) is 0.240. The van der Waals surface area contributed by atoms with Gasteiger partial charge in [-0.15, -0.1) is 0 Å². The lowest BCUT2D eigenvalue weighted by Crippen LogP contribution is -2.13. The zero-order chi connectivity index (χ0) is 13.0. The maximum absolute atomic E-state index is 12.1. The van der Waals surface area contributed by atoms with Crippen molar-refractivity contribution in [2.75, 3.05) is 5.32 Å². The van der Waals surface area contributed by atoms with E-state index in [0.29, 0.717) is 11.5 Å². The first-order valence-corrected chi connectivity index (χ1v) is 5.99. The molecular weight excluding hydrogens is 224 g/mol. The fourth-order valence-electron chi connectivity index (χ4n) is 1.80. The van der Waals surface area contributed by atoms with Crippen LogP contribution in [-0.2, 0) is 0 Å². The number of anilines is 1. The van der Waals surface area contributed by atoms with Crippen LogP contribution in [0, 0.1) is 0 Å². The van der Waals surface area contributed by atoms with Gasteiger partial charge < -0.3 is 5.32 Å². The van der Waals surface area contributed by atoms with Crippen molar-refractivity contribution >= 4 is 11.6 Å². The van der Waals surface area contributed by atoms with E-state index >= 15 is 0 Å². The number of hydrogen-bond acceptors (Lipinski definition) is 2. The molecule has 0 atom stereocenters. The normalized spacial score (nSPS) is 10.4. The molecule has 2 rings (SSSR count). The van der Waals surface area contributed by atoms with E-state index in [0.717, 1.165) is 11.3 Å². The van der Waals surface area contributed by atoms with Crippen molar-refractivity contribution in [2.24, 2.45) is 0 Å². The first-order valence-electron chi connectivity index (χ1n) is 5.99. The van der Waals surface area contributed by atoms with Crippen LogP contribution in [-0.4, -0.2) is 10.9 Å². The van der Waals surface area contributed by atoms with Crippen molar-refractivity contribution < 1.29 is 4.79 Å². The second kappa shape index (κ2) is 5.45. The fourth-order valence-corrected chi connectivity index (χ4v) is 1.80. The summed E-state index contributed by atoms with van der Waals surface area (Å²) in [6.45, 7) is 4.18. The van der Waals surface area contributed by atoms with E-state index < -0.39 is 0 Å². The van der Waals surface area contributed by atoms with Crippen LogP contribution in [0.5, 0.6) is 0 Å². The topological polar surface area (TPSA) is 42.0 Å². The number of carbonyl (C=O) groups excluding carboxylic acids is 1. The minimum atomic E-state index is -0.106. The van der Waals surface area contributed by atoms with Gasteiger partial charge in [0.05, 0.1) is 11.9 Å². The lowest BCUT2D eigenvalue weighted by Gasteiger charge is -2.12. The van der Waals surface area contributed by atoms with Crippen molar-refractivity contribution in [3.05, 3.63) is 59.9 Å². The van der Waals surface area contributed by atoms with Crippen LogP contribution < -0.4 is 5.32 Å². The van der Waals surface area contributed by atoms with Crippen LogP contribution in [0.1, 0.15) is 35.7 Å². The van der Waals surface area contributed by atoms with Crippen LogP contribution in [0.3, 0.4) is 0 Å². The van der Waals surface area contributed by atoms with Gasteiger partial charge in [0, 0.05) is 11.8 Å². The van der Waals surface area contributed by atoms with E-state index in [4.69, 9.17) is 0 Å². The van der Waals surface area contributed by atoms with Gasteiger partial charge in [-0.2, -0.15) is 0 Å². The number of nitrogens with zero attached hydrogens (tertiary/aromatic N) is 1. The minimum absolute atomic E-state index is 0.106. The number of aromatic nitrogens is 1. The van der Waals surface area contributed by atoms with E-state index in [1.165, 1.54) is 0 Å². The van der Waals surface area contributed by atoms with Crippen LogP contribution in [0.4, 0.5) is 5.69 Å². The van der Waals surface area contributed by atoms with Gasteiger partial charge in [-0.1, -0.05) is 32.0 Å². The summed E-state index contributed by atoms with van der Waals surface area (Å²) in [4.78, 5) is 16.1. The Morgan fingerprint density at radius 2 is 1.89 bits per heavy atom. The van der Waals surface area contributed by atoms with Crippen LogP contribution in [0.2, 0.25) is 0 Å². The Kier molecular flexibility index (Phi) is 3.72. The Hall–Kier alpha value is -2.16. The van der Waals surface area contributed by atoms with Gasteiger partial charge in [0.25, 0.3) is 5.91 Å². The van der Waals surface area contributed by atoms with Crippen molar-refractivity contribution in [2.45, 2.75) is 19.8 Å². The third kappa shape index (κ3) is 2.74. The number of hydrogen-bond donors (Lipinski definition) is 1. The summed E-state index contributed by atoms with van der Waals surface area (Å²) >= 11 is 0. The Morgan fingerprint density at radius 1 is 1.17 bits per heavy atom. The molecule has 3 nitrogen and oxygen atoms in total. The Labute approximate surface area is 107 Å². The molecule has 0 fully saturated rings. The summed E-state index contributed by atoms with van der Waals surface area (Å²) in [6.07, 6.45) is 3.43. The molecule has 0 spiro atoms. The van der Waals surface area contributed by atoms with Crippen molar-refractivity contribution in [3.8, 4) is 0 Å². The van der Waals surface area contributed by atoms with Crippen molar-refractivity contribution in [1.82, 2.24) is 4.98 Å². The number of amides is 1. The van der Waals surface area contributed by atoms with Gasteiger partial charge in [-0.3, -0.25) is 9.78 Å². The maximum Gasteiger partial charge on any atom is 0.255 e. The summed E-state index contributed by atoms with van der Waals surface area (Å²) in [6, 6.07) is 11.1. The molecule has 3 heteroatoms. The van der Waals surface area contributed by atoms with Gasteiger partial charge in [-0.25, -0.2) is 0 Å². The molecule has 92 valence electrons. The zero-order valence-electron chi connectivity index (χ0n) is 10.6. The van der Waals surface area contributed by atoms with E-state index in [1.807, 2.05) is 24.3 Å². The molecule has 0 aliphatic carbocycles. The molecule has 1 aromatic heterocycles. The zero-order valence-corrected chi connectivity index (χ0v) is 10.6. The quantitative estimate of drug-likeness (QED) is 0.892. The van der Waals surface area contributed by atoms with Crippen molar-refractivity contribution in [3.63, 3.8) is 0 Å². The monoisotopic (exact) mass is 240 g/mol. The van der Waals surface area contributed by atoms with E-state index in [1.54, 1.807) is 24.5 Å². The summed E-state index contributed by atoms with van der Waals surface area (Å²) in [5.41, 5.74) is 2.52. The first-order chi connectivity index (χ1) is 8.68. The van der Waals surface area contributed by atoms with Crippen LogP contribution in [0.25, 0.3) is 0 Å². The van der Waals surface area contributed by atoms with Crippen LogP contribution in [0.15, 0.2) is 48.8 Å². The highest BCUT2D eigenvalue weighted by Gasteiger charge is 2.10. The Morgan fingerprint density at radius 3 is 2.56 bits per heavy atom. The van der Waals surface area contributed by atoms with E-state index in [-0.39, 0.29) is 5.91 Å². The summed E-state index contributed by atoms with van der Waals surface area (Å²) < 4.78 is 0. The molecule has 0 radical (unpaired) electrons. The number of carbonyl (C=O) groups is 1. The number of rotatable bonds is 3. The molecule has 1 heterocycles. The molecule has 0 saturated carbocycles. The smallest absolute Gasteiger partial charge is 0.255 e. The third-order valence-electron chi connectivity index (χ3n) is 2.76. The maximum atomic E-state index is 12.1.